The highest BCUT2D eigenvalue weighted by Crippen LogP contribution is 2.20. The van der Waals surface area contributed by atoms with Crippen molar-refractivity contribution in [3.05, 3.63) is 18.0 Å². The maximum atomic E-state index is 12.5. The number of likely N-dealkylation sites (N-methyl/N-ethyl adjacent to an activating group) is 1. The summed E-state index contributed by atoms with van der Waals surface area (Å²) in [7, 11) is 2.08. The summed E-state index contributed by atoms with van der Waals surface area (Å²) in [6, 6.07) is 2.16. The van der Waals surface area contributed by atoms with Crippen LogP contribution in [0.5, 0.6) is 0 Å². The lowest BCUT2D eigenvalue weighted by atomic mass is 9.96. The Kier molecular flexibility index (Phi) is 4.87. The van der Waals surface area contributed by atoms with Gasteiger partial charge in [0.15, 0.2) is 0 Å². The topological polar surface area (TPSA) is 61.4 Å². The molecule has 1 aliphatic carbocycles. The molecular formula is C16H25N5O. The van der Waals surface area contributed by atoms with Gasteiger partial charge in [-0.05, 0) is 26.0 Å². The maximum Gasteiger partial charge on any atom is 0.272 e. The van der Waals surface area contributed by atoms with Gasteiger partial charge in [0.05, 0.1) is 0 Å². The van der Waals surface area contributed by atoms with Gasteiger partial charge in [0.2, 0.25) is 5.95 Å². The number of hydrogen-bond acceptors (Lipinski definition) is 5. The van der Waals surface area contributed by atoms with Crippen LogP contribution in [0.2, 0.25) is 0 Å². The van der Waals surface area contributed by atoms with Crippen LogP contribution in [0.25, 0.3) is 0 Å². The van der Waals surface area contributed by atoms with E-state index in [0.717, 1.165) is 26.2 Å². The lowest BCUT2D eigenvalue weighted by Crippen LogP contribution is -2.47. The molecule has 1 aromatic rings. The molecule has 1 amide bonds. The number of amides is 1. The van der Waals surface area contributed by atoms with E-state index in [0.29, 0.717) is 17.7 Å². The molecule has 1 aromatic heterocycles. The summed E-state index contributed by atoms with van der Waals surface area (Å²) in [6.07, 6.45) is 7.86. The number of carbonyl (C=O) groups is 1. The van der Waals surface area contributed by atoms with Crippen molar-refractivity contribution in [3.63, 3.8) is 0 Å². The van der Waals surface area contributed by atoms with Crippen molar-refractivity contribution in [3.8, 4) is 0 Å². The third-order valence-electron chi connectivity index (χ3n) is 4.60. The van der Waals surface area contributed by atoms with Crippen LogP contribution in [0.15, 0.2) is 12.3 Å². The van der Waals surface area contributed by atoms with Gasteiger partial charge < -0.3 is 15.1 Å². The summed E-state index contributed by atoms with van der Waals surface area (Å²) < 4.78 is 0. The Balaban J connectivity index is 1.63. The third-order valence-corrected chi connectivity index (χ3v) is 4.60. The second-order valence-electron chi connectivity index (χ2n) is 6.34. The summed E-state index contributed by atoms with van der Waals surface area (Å²) >= 11 is 0. The Labute approximate surface area is 131 Å². The average molecular weight is 303 g/mol. The fourth-order valence-electron chi connectivity index (χ4n) is 3.15. The van der Waals surface area contributed by atoms with E-state index in [1.54, 1.807) is 12.3 Å². The van der Waals surface area contributed by atoms with Crippen molar-refractivity contribution in [2.45, 2.75) is 38.1 Å². The van der Waals surface area contributed by atoms with Gasteiger partial charge in [-0.25, -0.2) is 9.97 Å². The van der Waals surface area contributed by atoms with Gasteiger partial charge in [-0.15, -0.1) is 0 Å². The second kappa shape index (κ2) is 7.05. The quantitative estimate of drug-likeness (QED) is 0.919. The van der Waals surface area contributed by atoms with Gasteiger partial charge >= 0.3 is 0 Å². The van der Waals surface area contributed by atoms with E-state index in [9.17, 15) is 4.79 Å². The molecule has 1 N–H and O–H groups in total. The molecule has 22 heavy (non-hydrogen) atoms. The smallest absolute Gasteiger partial charge is 0.272 e. The lowest BCUT2D eigenvalue weighted by Gasteiger charge is -2.32. The van der Waals surface area contributed by atoms with Crippen LogP contribution in [0.4, 0.5) is 5.95 Å². The first kappa shape index (κ1) is 15.2. The molecule has 1 saturated heterocycles. The van der Waals surface area contributed by atoms with Crippen molar-refractivity contribution in [1.29, 1.82) is 0 Å². The van der Waals surface area contributed by atoms with Crippen molar-refractivity contribution < 1.29 is 4.79 Å². The van der Waals surface area contributed by atoms with E-state index in [1.165, 1.54) is 32.1 Å². The van der Waals surface area contributed by atoms with Crippen LogP contribution in [0.3, 0.4) is 0 Å². The van der Waals surface area contributed by atoms with E-state index in [4.69, 9.17) is 0 Å². The van der Waals surface area contributed by atoms with Gasteiger partial charge in [-0.3, -0.25) is 4.79 Å². The zero-order valence-corrected chi connectivity index (χ0v) is 13.3. The zero-order chi connectivity index (χ0) is 15.4. The Bertz CT molecular complexity index is 507. The number of rotatable bonds is 3. The number of piperazine rings is 1. The third kappa shape index (κ3) is 3.74. The van der Waals surface area contributed by atoms with Gasteiger partial charge in [-0.1, -0.05) is 19.3 Å². The number of nitrogens with one attached hydrogen (secondary N) is 1. The Hall–Kier alpha value is -1.69. The molecule has 2 heterocycles. The number of aromatic nitrogens is 2. The summed E-state index contributed by atoms with van der Waals surface area (Å²) in [4.78, 5) is 25.4. The average Bonchev–Trinajstić information content (AvgIpc) is 2.56. The molecule has 0 aromatic carbocycles. The summed E-state index contributed by atoms with van der Waals surface area (Å²) in [5, 5.41) is 3.38. The molecule has 1 saturated carbocycles. The molecule has 0 atom stereocenters. The Morgan fingerprint density at radius 1 is 1.18 bits per heavy atom. The highest BCUT2D eigenvalue weighted by Gasteiger charge is 2.22. The predicted molar refractivity (Wildman–Crippen MR) is 85.9 cm³/mol. The van der Waals surface area contributed by atoms with E-state index in [2.05, 4.69) is 27.2 Å². The minimum absolute atomic E-state index is 0.0159. The molecule has 3 rings (SSSR count). The van der Waals surface area contributed by atoms with E-state index in [-0.39, 0.29) is 5.91 Å². The van der Waals surface area contributed by atoms with E-state index >= 15 is 0 Å². The first-order chi connectivity index (χ1) is 10.7. The lowest BCUT2D eigenvalue weighted by molar-refractivity contribution is 0.0658. The van der Waals surface area contributed by atoms with Gasteiger partial charge in [-0.2, -0.15) is 0 Å². The fourth-order valence-corrected chi connectivity index (χ4v) is 3.15. The second-order valence-corrected chi connectivity index (χ2v) is 6.34. The van der Waals surface area contributed by atoms with Crippen LogP contribution in [0.1, 0.15) is 42.6 Å². The molecule has 0 spiro atoms. The fraction of sp³-hybridized carbons (Fsp3) is 0.688. The van der Waals surface area contributed by atoms with Crippen LogP contribution in [-0.2, 0) is 0 Å². The largest absolute Gasteiger partial charge is 0.351 e. The predicted octanol–water partition coefficient (Wildman–Crippen LogP) is 1.61. The number of hydrogen-bond donors (Lipinski definition) is 1. The maximum absolute atomic E-state index is 12.5. The van der Waals surface area contributed by atoms with Crippen LogP contribution >= 0.6 is 0 Å². The van der Waals surface area contributed by atoms with E-state index in [1.807, 2.05) is 4.90 Å². The van der Waals surface area contributed by atoms with Gasteiger partial charge in [0.1, 0.15) is 5.69 Å². The molecular weight excluding hydrogens is 278 g/mol. The van der Waals surface area contributed by atoms with Gasteiger partial charge in [0.25, 0.3) is 5.91 Å². The number of nitrogens with zero attached hydrogens (tertiary/aromatic N) is 4. The summed E-state index contributed by atoms with van der Waals surface area (Å²) in [5.41, 5.74) is 0.498. The first-order valence-corrected chi connectivity index (χ1v) is 8.30. The van der Waals surface area contributed by atoms with Gasteiger partial charge in [0, 0.05) is 38.4 Å². The minimum Gasteiger partial charge on any atom is -0.351 e. The van der Waals surface area contributed by atoms with Crippen molar-refractivity contribution in [2.75, 3.05) is 38.5 Å². The number of carbonyl (C=O) groups excluding carboxylic acids is 1. The normalized spacial score (nSPS) is 20.9. The number of anilines is 1. The molecule has 0 radical (unpaired) electrons. The standard InChI is InChI=1S/C16H25N5O/c1-20-9-11-21(12-10-20)15(22)14-7-8-17-16(19-14)18-13-5-3-2-4-6-13/h7-8,13H,2-6,9-12H2,1H3,(H,17,18,19). The molecule has 0 bridgehead atoms. The SMILES string of the molecule is CN1CCN(C(=O)c2ccnc(NC3CCCCC3)n2)CC1. The minimum atomic E-state index is 0.0159. The summed E-state index contributed by atoms with van der Waals surface area (Å²) in [5.74, 6) is 0.606. The molecule has 1 aliphatic heterocycles. The zero-order valence-electron chi connectivity index (χ0n) is 13.3. The monoisotopic (exact) mass is 303 g/mol. The highest BCUT2D eigenvalue weighted by atomic mass is 16.2. The van der Waals surface area contributed by atoms with Crippen LogP contribution in [-0.4, -0.2) is 64.9 Å². The summed E-state index contributed by atoms with van der Waals surface area (Å²) in [6.45, 7) is 3.38. The molecule has 0 unspecified atom stereocenters. The molecule has 2 fully saturated rings. The highest BCUT2D eigenvalue weighted by molar-refractivity contribution is 5.92. The molecule has 120 valence electrons. The van der Waals surface area contributed by atoms with Crippen LogP contribution in [0, 0.1) is 0 Å². The Morgan fingerprint density at radius 3 is 2.64 bits per heavy atom. The molecule has 6 heteroatoms. The first-order valence-electron chi connectivity index (χ1n) is 8.30. The van der Waals surface area contributed by atoms with Crippen molar-refractivity contribution >= 4 is 11.9 Å². The van der Waals surface area contributed by atoms with Crippen molar-refractivity contribution in [2.24, 2.45) is 0 Å². The molecule has 2 aliphatic rings. The Morgan fingerprint density at radius 2 is 1.91 bits per heavy atom. The molecule has 6 nitrogen and oxygen atoms in total. The van der Waals surface area contributed by atoms with Crippen LogP contribution < -0.4 is 5.32 Å². The van der Waals surface area contributed by atoms with E-state index < -0.39 is 0 Å². The van der Waals surface area contributed by atoms with Crippen molar-refractivity contribution in [1.82, 2.24) is 19.8 Å².